The van der Waals surface area contributed by atoms with E-state index >= 15 is 0 Å². The Bertz CT molecular complexity index is 997. The highest BCUT2D eigenvalue weighted by atomic mass is 32.2. The third-order valence-corrected chi connectivity index (χ3v) is 7.39. The summed E-state index contributed by atoms with van der Waals surface area (Å²) < 4.78 is 27.6. The molecule has 0 fully saturated rings. The molecule has 0 aliphatic carbocycles. The summed E-state index contributed by atoms with van der Waals surface area (Å²) in [6.07, 6.45) is 0. The highest BCUT2D eigenvalue weighted by Crippen LogP contribution is 2.25. The number of nitrogens with one attached hydrogen (secondary N) is 2. The van der Waals surface area contributed by atoms with Gasteiger partial charge in [-0.1, -0.05) is 50.2 Å². The molecule has 0 radical (unpaired) electrons. The summed E-state index contributed by atoms with van der Waals surface area (Å²) in [5.41, 5.74) is 1.71. The van der Waals surface area contributed by atoms with Gasteiger partial charge >= 0.3 is 0 Å². The number of nitrogens with zero attached hydrogens (tertiary/aromatic N) is 1. The minimum absolute atomic E-state index is 0.182. The molecule has 1 amide bonds. The molecule has 6 nitrogen and oxygen atoms in total. The molecule has 9 heteroatoms. The van der Waals surface area contributed by atoms with Crippen LogP contribution in [0.1, 0.15) is 13.8 Å². The zero-order valence-corrected chi connectivity index (χ0v) is 17.2. The van der Waals surface area contributed by atoms with E-state index in [1.54, 1.807) is 25.3 Å². The summed E-state index contributed by atoms with van der Waals surface area (Å²) in [6.45, 7) is 3.58. The summed E-state index contributed by atoms with van der Waals surface area (Å²) >= 11 is 2.41. The largest absolute Gasteiger partial charge is 0.301 e. The molecule has 2 N–H and O–H groups in total. The van der Waals surface area contributed by atoms with Crippen molar-refractivity contribution in [2.24, 2.45) is 5.92 Å². The summed E-state index contributed by atoms with van der Waals surface area (Å²) in [5.74, 6) is -0.660. The number of amides is 1. The Morgan fingerprint density at radius 2 is 1.81 bits per heavy atom. The second-order valence-corrected chi connectivity index (χ2v) is 9.91. The van der Waals surface area contributed by atoms with Crippen molar-refractivity contribution in [2.45, 2.75) is 24.1 Å². The maximum absolute atomic E-state index is 12.7. The van der Waals surface area contributed by atoms with Crippen LogP contribution in [0.3, 0.4) is 0 Å². The number of carbonyl (C=O) groups excluding carboxylic acids is 1. The molecule has 2 aromatic heterocycles. The van der Waals surface area contributed by atoms with Crippen molar-refractivity contribution in [3.63, 3.8) is 0 Å². The molecule has 2 heterocycles. The zero-order valence-electron chi connectivity index (χ0n) is 14.7. The van der Waals surface area contributed by atoms with E-state index in [1.165, 1.54) is 17.4 Å². The molecule has 27 heavy (non-hydrogen) atoms. The number of hydrogen-bond acceptors (Lipinski definition) is 6. The molecule has 0 bridgehead atoms. The normalized spacial score (nSPS) is 12.9. The van der Waals surface area contributed by atoms with Gasteiger partial charge < -0.3 is 5.32 Å². The Morgan fingerprint density at radius 1 is 1.07 bits per heavy atom. The van der Waals surface area contributed by atoms with E-state index in [2.05, 4.69) is 15.0 Å². The lowest BCUT2D eigenvalue weighted by Gasteiger charge is -2.20. The van der Waals surface area contributed by atoms with Crippen molar-refractivity contribution in [3.05, 3.63) is 53.2 Å². The van der Waals surface area contributed by atoms with E-state index in [-0.39, 0.29) is 10.1 Å². The zero-order chi connectivity index (χ0) is 19.4. The number of rotatable bonds is 7. The molecule has 0 aliphatic heterocycles. The number of thiazole rings is 1. The van der Waals surface area contributed by atoms with Crippen LogP contribution in [0.25, 0.3) is 11.3 Å². The number of anilines is 1. The molecule has 1 aromatic carbocycles. The lowest BCUT2D eigenvalue weighted by atomic mass is 10.1. The molecule has 142 valence electrons. The van der Waals surface area contributed by atoms with Gasteiger partial charge in [-0.15, -0.1) is 22.7 Å². The third kappa shape index (κ3) is 4.81. The van der Waals surface area contributed by atoms with Crippen molar-refractivity contribution in [1.29, 1.82) is 0 Å². The van der Waals surface area contributed by atoms with Gasteiger partial charge in [0.2, 0.25) is 5.91 Å². The maximum Gasteiger partial charge on any atom is 0.250 e. The van der Waals surface area contributed by atoms with Crippen molar-refractivity contribution in [1.82, 2.24) is 9.71 Å². The first-order valence-corrected chi connectivity index (χ1v) is 11.5. The fraction of sp³-hybridized carbons (Fsp3) is 0.222. The molecule has 1 atom stereocenters. The van der Waals surface area contributed by atoms with Crippen molar-refractivity contribution >= 4 is 43.7 Å². The van der Waals surface area contributed by atoms with Gasteiger partial charge in [-0.2, -0.15) is 4.72 Å². The van der Waals surface area contributed by atoms with Crippen LogP contribution >= 0.6 is 22.7 Å². The molecule has 0 saturated heterocycles. The molecule has 0 saturated carbocycles. The van der Waals surface area contributed by atoms with Gasteiger partial charge in [-0.05, 0) is 17.4 Å². The Labute approximate surface area is 166 Å². The van der Waals surface area contributed by atoms with E-state index < -0.39 is 22.0 Å². The number of benzene rings is 1. The quantitative estimate of drug-likeness (QED) is 0.607. The highest BCUT2D eigenvalue weighted by Gasteiger charge is 2.29. The summed E-state index contributed by atoms with van der Waals surface area (Å²) in [5, 5.41) is 6.69. The van der Waals surface area contributed by atoms with Crippen LogP contribution in [0, 0.1) is 5.92 Å². The number of sulfonamides is 1. The SMILES string of the molecule is CC(C)[C@@H](NS(=O)(=O)c1cccs1)C(=O)Nc1nc(-c2ccccc2)cs1. The second-order valence-electron chi connectivity index (χ2n) is 6.17. The van der Waals surface area contributed by atoms with Gasteiger partial charge in [0.25, 0.3) is 10.0 Å². The number of aromatic nitrogens is 1. The van der Waals surface area contributed by atoms with Crippen LogP contribution in [-0.2, 0) is 14.8 Å². The Balaban J connectivity index is 1.74. The van der Waals surface area contributed by atoms with Gasteiger partial charge in [0.1, 0.15) is 10.3 Å². The fourth-order valence-electron chi connectivity index (χ4n) is 2.39. The monoisotopic (exact) mass is 421 g/mol. The van der Waals surface area contributed by atoms with E-state index in [9.17, 15) is 13.2 Å². The maximum atomic E-state index is 12.7. The Kier molecular flexibility index (Phi) is 6.05. The van der Waals surface area contributed by atoms with Gasteiger partial charge in [0, 0.05) is 10.9 Å². The summed E-state index contributed by atoms with van der Waals surface area (Å²) in [4.78, 5) is 17.1. The first-order chi connectivity index (χ1) is 12.9. The van der Waals surface area contributed by atoms with E-state index in [1.807, 2.05) is 35.7 Å². The molecule has 0 aliphatic rings. The fourth-order valence-corrected chi connectivity index (χ4v) is 5.47. The molecular formula is C18H19N3O3S3. The highest BCUT2D eigenvalue weighted by molar-refractivity contribution is 7.91. The molecule has 3 aromatic rings. The molecule has 0 spiro atoms. The van der Waals surface area contributed by atoms with Gasteiger partial charge in [0.15, 0.2) is 5.13 Å². The van der Waals surface area contributed by atoms with Gasteiger partial charge in [-0.25, -0.2) is 13.4 Å². The van der Waals surface area contributed by atoms with Crippen LogP contribution in [0.2, 0.25) is 0 Å². The molecule has 3 rings (SSSR count). The van der Waals surface area contributed by atoms with Crippen molar-refractivity contribution < 1.29 is 13.2 Å². The lowest BCUT2D eigenvalue weighted by molar-refractivity contribution is -0.118. The Morgan fingerprint density at radius 3 is 2.44 bits per heavy atom. The lowest BCUT2D eigenvalue weighted by Crippen LogP contribution is -2.46. The standard InChI is InChI=1S/C18H19N3O3S3/c1-12(2)16(21-27(23,24)15-9-6-10-25-15)17(22)20-18-19-14(11-26-18)13-7-4-3-5-8-13/h3-12,16,21H,1-2H3,(H,19,20,22)/t16-/m1/s1. The van der Waals surface area contributed by atoms with Crippen LogP contribution in [0.5, 0.6) is 0 Å². The number of thiophene rings is 1. The topological polar surface area (TPSA) is 88.2 Å². The van der Waals surface area contributed by atoms with Crippen LogP contribution in [0.15, 0.2) is 57.4 Å². The third-order valence-electron chi connectivity index (χ3n) is 3.80. The average Bonchev–Trinajstić information content (AvgIpc) is 3.32. The predicted molar refractivity (Wildman–Crippen MR) is 109 cm³/mol. The Hall–Kier alpha value is -2.07. The van der Waals surface area contributed by atoms with Crippen molar-refractivity contribution in [3.8, 4) is 11.3 Å². The van der Waals surface area contributed by atoms with Crippen LogP contribution in [0.4, 0.5) is 5.13 Å². The molecular weight excluding hydrogens is 402 g/mol. The van der Waals surface area contributed by atoms with Gasteiger partial charge in [-0.3, -0.25) is 4.79 Å². The first-order valence-electron chi connectivity index (χ1n) is 8.24. The summed E-state index contributed by atoms with van der Waals surface area (Å²) in [7, 11) is -3.75. The van der Waals surface area contributed by atoms with Crippen LogP contribution < -0.4 is 10.0 Å². The average molecular weight is 422 g/mol. The minimum Gasteiger partial charge on any atom is -0.301 e. The minimum atomic E-state index is -3.75. The second kappa shape index (κ2) is 8.30. The first kappa shape index (κ1) is 19.7. The van der Waals surface area contributed by atoms with E-state index in [4.69, 9.17) is 0 Å². The van der Waals surface area contributed by atoms with Crippen molar-refractivity contribution in [2.75, 3.05) is 5.32 Å². The smallest absolute Gasteiger partial charge is 0.250 e. The number of carbonyl (C=O) groups is 1. The number of hydrogen-bond donors (Lipinski definition) is 2. The molecule has 0 unspecified atom stereocenters. The van der Waals surface area contributed by atoms with E-state index in [0.29, 0.717) is 5.13 Å². The summed E-state index contributed by atoms with van der Waals surface area (Å²) in [6, 6.07) is 11.9. The van der Waals surface area contributed by atoms with E-state index in [0.717, 1.165) is 22.6 Å². The van der Waals surface area contributed by atoms with Gasteiger partial charge in [0.05, 0.1) is 5.69 Å². The predicted octanol–water partition coefficient (Wildman–Crippen LogP) is 3.81. The van der Waals surface area contributed by atoms with Crippen LogP contribution in [-0.4, -0.2) is 25.4 Å².